The topological polar surface area (TPSA) is 61.2 Å². The number of hydrogen-bond acceptors (Lipinski definition) is 4. The third-order valence-corrected chi connectivity index (χ3v) is 2.88. The molecule has 5 nitrogen and oxygen atoms in total. The molecule has 20 heavy (non-hydrogen) atoms. The lowest BCUT2D eigenvalue weighted by molar-refractivity contribution is 0.0886. The van der Waals surface area contributed by atoms with Gasteiger partial charge in [-0.2, -0.15) is 0 Å². The second-order valence-electron chi connectivity index (χ2n) is 4.34. The number of Topliss-reactive ketones (excluding diaryl/α,β-unsaturated/α-hetero) is 2. The van der Waals surface area contributed by atoms with Crippen LogP contribution in [-0.2, 0) is 7.05 Å². The molecule has 5 heteroatoms. The summed E-state index contributed by atoms with van der Waals surface area (Å²) in [6.07, 6.45) is 3.03. The van der Waals surface area contributed by atoms with E-state index in [1.807, 2.05) is 6.92 Å². The fourth-order valence-electron chi connectivity index (χ4n) is 1.86. The molecule has 0 aliphatic heterocycles. The van der Waals surface area contributed by atoms with Gasteiger partial charge in [0, 0.05) is 25.0 Å². The summed E-state index contributed by atoms with van der Waals surface area (Å²) in [5, 5.41) is 0. The molecule has 0 N–H and O–H groups in total. The third-order valence-electron chi connectivity index (χ3n) is 2.88. The van der Waals surface area contributed by atoms with Crippen LogP contribution in [0.1, 0.15) is 34.3 Å². The summed E-state index contributed by atoms with van der Waals surface area (Å²) in [7, 11) is 1.72. The number of carbonyl (C=O) groups is 2. The van der Waals surface area contributed by atoms with Crippen molar-refractivity contribution in [2.24, 2.45) is 7.05 Å². The monoisotopic (exact) mass is 272 g/mol. The molecule has 0 fully saturated rings. The summed E-state index contributed by atoms with van der Waals surface area (Å²) in [4.78, 5) is 27.9. The number of aromatic nitrogens is 2. The smallest absolute Gasteiger partial charge is 0.205 e. The first kappa shape index (κ1) is 14.0. The Morgan fingerprint density at radius 2 is 1.90 bits per heavy atom. The van der Waals surface area contributed by atoms with Gasteiger partial charge >= 0.3 is 0 Å². The molecule has 0 saturated heterocycles. The van der Waals surface area contributed by atoms with Gasteiger partial charge in [-0.05, 0) is 31.2 Å². The number of carbonyl (C=O) groups excluding carboxylic acids is 2. The largest absolute Gasteiger partial charge is 0.494 e. The van der Waals surface area contributed by atoms with Crippen LogP contribution in [0.3, 0.4) is 0 Å². The van der Waals surface area contributed by atoms with E-state index in [0.717, 1.165) is 0 Å². The molecular formula is C15H16N2O3. The molecule has 0 unspecified atom stereocenters. The highest BCUT2D eigenvalue weighted by Gasteiger charge is 2.16. The number of benzene rings is 1. The second kappa shape index (κ2) is 6.14. The Labute approximate surface area is 117 Å². The Bertz CT molecular complexity index is 614. The Kier molecular flexibility index (Phi) is 4.30. The van der Waals surface area contributed by atoms with Crippen LogP contribution in [0.2, 0.25) is 0 Å². The average Bonchev–Trinajstić information content (AvgIpc) is 2.86. The van der Waals surface area contributed by atoms with Crippen molar-refractivity contribution < 1.29 is 14.3 Å². The Hall–Kier alpha value is -2.43. The summed E-state index contributed by atoms with van der Waals surface area (Å²) >= 11 is 0. The van der Waals surface area contributed by atoms with E-state index >= 15 is 0 Å². The minimum Gasteiger partial charge on any atom is -0.494 e. The van der Waals surface area contributed by atoms with Crippen LogP contribution in [-0.4, -0.2) is 27.7 Å². The zero-order chi connectivity index (χ0) is 14.5. The van der Waals surface area contributed by atoms with Gasteiger partial charge in [-0.1, -0.05) is 0 Å². The Balaban J connectivity index is 2.05. The highest BCUT2D eigenvalue weighted by molar-refractivity contribution is 6.12. The lowest BCUT2D eigenvalue weighted by Crippen LogP contribution is -2.13. The van der Waals surface area contributed by atoms with Crippen molar-refractivity contribution in [3.8, 4) is 5.75 Å². The summed E-state index contributed by atoms with van der Waals surface area (Å²) in [5.41, 5.74) is 0.496. The van der Waals surface area contributed by atoms with Gasteiger partial charge in [0.05, 0.1) is 13.0 Å². The van der Waals surface area contributed by atoms with Gasteiger partial charge in [-0.3, -0.25) is 9.59 Å². The number of ether oxygens (including phenoxy) is 1. The van der Waals surface area contributed by atoms with E-state index in [1.165, 1.54) is 6.20 Å². The minimum absolute atomic E-state index is 0.182. The normalized spacial score (nSPS) is 10.3. The van der Waals surface area contributed by atoms with Crippen molar-refractivity contribution in [1.82, 2.24) is 9.55 Å². The summed E-state index contributed by atoms with van der Waals surface area (Å²) in [5.74, 6) is 0.501. The highest BCUT2D eigenvalue weighted by Crippen LogP contribution is 2.14. The summed E-state index contributed by atoms with van der Waals surface area (Å²) < 4.78 is 6.91. The SMILES string of the molecule is CCOc1ccc(C(=O)CC(=O)c2nccn2C)cc1. The van der Waals surface area contributed by atoms with Gasteiger partial charge < -0.3 is 9.30 Å². The van der Waals surface area contributed by atoms with E-state index < -0.39 is 0 Å². The van der Waals surface area contributed by atoms with Crippen molar-refractivity contribution in [1.29, 1.82) is 0 Å². The molecule has 0 bridgehead atoms. The minimum atomic E-state index is -0.281. The third kappa shape index (κ3) is 3.12. The van der Waals surface area contributed by atoms with Crippen molar-refractivity contribution in [3.05, 3.63) is 48.0 Å². The van der Waals surface area contributed by atoms with E-state index in [1.54, 1.807) is 42.1 Å². The van der Waals surface area contributed by atoms with Crippen LogP contribution in [0.15, 0.2) is 36.7 Å². The molecule has 0 saturated carbocycles. The fraction of sp³-hybridized carbons (Fsp3) is 0.267. The number of nitrogens with zero attached hydrogens (tertiary/aromatic N) is 2. The number of imidazole rings is 1. The molecule has 0 aliphatic carbocycles. The Morgan fingerprint density at radius 3 is 2.45 bits per heavy atom. The van der Waals surface area contributed by atoms with Crippen LogP contribution >= 0.6 is 0 Å². The van der Waals surface area contributed by atoms with Crippen LogP contribution in [0, 0.1) is 0 Å². The van der Waals surface area contributed by atoms with E-state index in [4.69, 9.17) is 4.74 Å². The van der Waals surface area contributed by atoms with Gasteiger partial charge in [0.1, 0.15) is 5.75 Å². The number of rotatable bonds is 6. The summed E-state index contributed by atoms with van der Waals surface area (Å²) in [6, 6.07) is 6.78. The lowest BCUT2D eigenvalue weighted by atomic mass is 10.1. The maximum absolute atomic E-state index is 12.0. The molecule has 0 radical (unpaired) electrons. The summed E-state index contributed by atoms with van der Waals surface area (Å²) in [6.45, 7) is 2.47. The first-order valence-electron chi connectivity index (χ1n) is 6.38. The number of ketones is 2. The lowest BCUT2D eigenvalue weighted by Gasteiger charge is -2.04. The van der Waals surface area contributed by atoms with Gasteiger partial charge in [0.25, 0.3) is 0 Å². The van der Waals surface area contributed by atoms with Gasteiger partial charge in [0.2, 0.25) is 5.78 Å². The molecular weight excluding hydrogens is 256 g/mol. The quantitative estimate of drug-likeness (QED) is 0.598. The first-order valence-corrected chi connectivity index (χ1v) is 6.38. The molecule has 104 valence electrons. The zero-order valence-electron chi connectivity index (χ0n) is 11.5. The molecule has 0 spiro atoms. The van der Waals surface area contributed by atoms with Gasteiger partial charge in [-0.15, -0.1) is 0 Å². The predicted molar refractivity (Wildman–Crippen MR) is 74.1 cm³/mol. The molecule has 2 rings (SSSR count). The van der Waals surface area contributed by atoms with Crippen molar-refractivity contribution >= 4 is 11.6 Å². The molecule has 2 aromatic rings. The maximum Gasteiger partial charge on any atom is 0.205 e. The van der Waals surface area contributed by atoms with Gasteiger partial charge in [0.15, 0.2) is 11.6 Å². The van der Waals surface area contributed by atoms with Crippen LogP contribution < -0.4 is 4.74 Å². The molecule has 1 aromatic carbocycles. The van der Waals surface area contributed by atoms with Crippen molar-refractivity contribution in [2.45, 2.75) is 13.3 Å². The van der Waals surface area contributed by atoms with Crippen molar-refractivity contribution in [3.63, 3.8) is 0 Å². The van der Waals surface area contributed by atoms with Crippen LogP contribution in [0.25, 0.3) is 0 Å². The Morgan fingerprint density at radius 1 is 1.20 bits per heavy atom. The number of aryl methyl sites for hydroxylation is 1. The molecule has 0 aliphatic rings. The second-order valence-corrected chi connectivity index (χ2v) is 4.34. The van der Waals surface area contributed by atoms with Crippen LogP contribution in [0.4, 0.5) is 0 Å². The fourth-order valence-corrected chi connectivity index (χ4v) is 1.86. The maximum atomic E-state index is 12.0. The average molecular weight is 272 g/mol. The standard InChI is InChI=1S/C15H16N2O3/c1-3-20-12-6-4-11(5-7-12)13(18)10-14(19)15-16-8-9-17(15)2/h4-9H,3,10H2,1-2H3. The molecule has 1 aromatic heterocycles. The van der Waals surface area contributed by atoms with E-state index in [2.05, 4.69) is 4.98 Å². The zero-order valence-corrected chi connectivity index (χ0v) is 11.5. The van der Waals surface area contributed by atoms with E-state index in [0.29, 0.717) is 23.7 Å². The molecule has 0 atom stereocenters. The number of hydrogen-bond donors (Lipinski definition) is 0. The van der Waals surface area contributed by atoms with Crippen molar-refractivity contribution in [2.75, 3.05) is 6.61 Å². The molecule has 0 amide bonds. The van der Waals surface area contributed by atoms with E-state index in [9.17, 15) is 9.59 Å². The van der Waals surface area contributed by atoms with Crippen LogP contribution in [0.5, 0.6) is 5.75 Å². The predicted octanol–water partition coefficient (Wildman–Crippen LogP) is 2.27. The molecule has 1 heterocycles. The van der Waals surface area contributed by atoms with Gasteiger partial charge in [-0.25, -0.2) is 4.98 Å². The first-order chi connectivity index (χ1) is 9.61. The highest BCUT2D eigenvalue weighted by atomic mass is 16.5. The van der Waals surface area contributed by atoms with E-state index in [-0.39, 0.29) is 18.0 Å².